The van der Waals surface area contributed by atoms with Crippen molar-refractivity contribution in [3.63, 3.8) is 0 Å². The lowest BCUT2D eigenvalue weighted by atomic mass is 10.0. The van der Waals surface area contributed by atoms with Gasteiger partial charge in [-0.1, -0.05) is 53.6 Å². The van der Waals surface area contributed by atoms with Crippen molar-refractivity contribution in [1.29, 1.82) is 5.26 Å². The zero-order chi connectivity index (χ0) is 19.7. The van der Waals surface area contributed by atoms with Gasteiger partial charge >= 0.3 is 0 Å². The summed E-state index contributed by atoms with van der Waals surface area (Å²) in [5, 5.41) is 13.7. The molecule has 0 saturated carbocycles. The zero-order valence-corrected chi connectivity index (χ0v) is 17.0. The van der Waals surface area contributed by atoms with E-state index in [-0.39, 0.29) is 0 Å². The second-order valence-electron chi connectivity index (χ2n) is 6.59. The van der Waals surface area contributed by atoms with Crippen molar-refractivity contribution in [2.45, 2.75) is 13.8 Å². The molecule has 0 aliphatic rings. The Morgan fingerprint density at radius 3 is 2.71 bits per heavy atom. The molecule has 0 aliphatic carbocycles. The molecule has 0 N–H and O–H groups in total. The van der Waals surface area contributed by atoms with Crippen LogP contribution in [0.15, 0.2) is 53.9 Å². The zero-order valence-electron chi connectivity index (χ0n) is 15.4. The lowest BCUT2D eigenvalue weighted by Crippen LogP contribution is -1.88. The number of para-hydroxylation sites is 1. The summed E-state index contributed by atoms with van der Waals surface area (Å²) in [4.78, 5) is 9.12. The van der Waals surface area contributed by atoms with Gasteiger partial charge in [-0.25, -0.2) is 9.97 Å². The molecule has 4 aromatic rings. The first kappa shape index (κ1) is 18.4. The molecule has 28 heavy (non-hydrogen) atoms. The molecular formula is C23H16ClN3S. The minimum absolute atomic E-state index is 0.373. The molecule has 0 atom stereocenters. The summed E-state index contributed by atoms with van der Waals surface area (Å²) in [6.45, 7) is 4.14. The molecule has 0 bridgehead atoms. The molecule has 4 rings (SSSR count). The van der Waals surface area contributed by atoms with Gasteiger partial charge < -0.3 is 0 Å². The maximum Gasteiger partial charge on any atom is 0.137 e. The number of aryl methyl sites for hydroxylation is 2. The summed E-state index contributed by atoms with van der Waals surface area (Å²) in [6, 6.07) is 18.2. The minimum Gasteiger partial charge on any atom is -0.235 e. The molecule has 3 nitrogen and oxygen atoms in total. The highest BCUT2D eigenvalue weighted by Crippen LogP contribution is 2.31. The number of hydrogen-bond donors (Lipinski definition) is 0. The van der Waals surface area contributed by atoms with Crippen molar-refractivity contribution in [1.82, 2.24) is 9.97 Å². The first-order valence-corrected chi connectivity index (χ1v) is 10.0. The van der Waals surface area contributed by atoms with Gasteiger partial charge in [-0.3, -0.25) is 0 Å². The fraction of sp³-hybridized carbons (Fsp3) is 0.0870. The summed E-state index contributed by atoms with van der Waals surface area (Å²) in [5.74, 6) is 0. The molecule has 0 fully saturated rings. The maximum atomic E-state index is 9.70. The number of benzene rings is 2. The van der Waals surface area contributed by atoms with E-state index < -0.39 is 0 Å². The molecule has 0 unspecified atom stereocenters. The van der Waals surface area contributed by atoms with Crippen molar-refractivity contribution in [3.8, 4) is 17.3 Å². The number of hydrogen-bond acceptors (Lipinski definition) is 4. The lowest BCUT2D eigenvalue weighted by molar-refractivity contribution is 1.32. The van der Waals surface area contributed by atoms with E-state index in [0.717, 1.165) is 22.2 Å². The summed E-state index contributed by atoms with van der Waals surface area (Å²) in [7, 11) is 0. The van der Waals surface area contributed by atoms with Gasteiger partial charge in [0.2, 0.25) is 0 Å². The Morgan fingerprint density at radius 2 is 1.93 bits per heavy atom. The quantitative estimate of drug-likeness (QED) is 0.283. The third-order valence-corrected chi connectivity index (χ3v) is 5.70. The monoisotopic (exact) mass is 401 g/mol. The van der Waals surface area contributed by atoms with E-state index in [1.54, 1.807) is 6.08 Å². The molecule has 0 amide bonds. The average molecular weight is 402 g/mol. The minimum atomic E-state index is 0.373. The van der Waals surface area contributed by atoms with Crippen LogP contribution >= 0.6 is 22.9 Å². The largest absolute Gasteiger partial charge is 0.235 e. The molecule has 0 spiro atoms. The second kappa shape index (κ2) is 7.55. The first-order valence-electron chi connectivity index (χ1n) is 8.76. The van der Waals surface area contributed by atoms with Crippen LogP contribution in [0.1, 0.15) is 21.7 Å². The van der Waals surface area contributed by atoms with Crippen LogP contribution in [-0.2, 0) is 0 Å². The SMILES string of the molecule is Cc1ccc(-c2csc(/C(C#N)=C/c3cc4ccccc4nc3Cl)n2)c(C)c1. The maximum absolute atomic E-state index is 9.70. The molecule has 0 aliphatic heterocycles. The summed E-state index contributed by atoms with van der Waals surface area (Å²) < 4.78 is 0. The number of fused-ring (bicyclic) bond motifs is 1. The van der Waals surface area contributed by atoms with Crippen molar-refractivity contribution < 1.29 is 0 Å². The van der Waals surface area contributed by atoms with Crippen LogP contribution in [0.4, 0.5) is 0 Å². The summed E-state index contributed by atoms with van der Waals surface area (Å²) in [5.41, 5.74) is 6.35. The molecule has 136 valence electrons. The Morgan fingerprint density at radius 1 is 1.11 bits per heavy atom. The van der Waals surface area contributed by atoms with E-state index in [2.05, 4.69) is 43.1 Å². The number of pyridine rings is 1. The Labute approximate surface area is 172 Å². The van der Waals surface area contributed by atoms with Crippen LogP contribution in [0, 0.1) is 25.2 Å². The van der Waals surface area contributed by atoms with E-state index in [1.165, 1.54) is 22.5 Å². The number of halogens is 1. The van der Waals surface area contributed by atoms with E-state index in [1.807, 2.05) is 35.7 Å². The predicted octanol–water partition coefficient (Wildman–Crippen LogP) is 6.69. The van der Waals surface area contributed by atoms with Crippen molar-refractivity contribution in [3.05, 3.63) is 80.8 Å². The molecule has 2 aromatic carbocycles. The predicted molar refractivity (Wildman–Crippen MR) is 117 cm³/mol. The highest BCUT2D eigenvalue weighted by molar-refractivity contribution is 7.11. The van der Waals surface area contributed by atoms with Gasteiger partial charge in [0.1, 0.15) is 16.2 Å². The molecular weight excluding hydrogens is 386 g/mol. The first-order chi connectivity index (χ1) is 13.5. The second-order valence-corrected chi connectivity index (χ2v) is 7.80. The lowest BCUT2D eigenvalue weighted by Gasteiger charge is -2.04. The molecule has 0 saturated heterocycles. The van der Waals surface area contributed by atoms with Gasteiger partial charge in [0.05, 0.1) is 16.8 Å². The third-order valence-electron chi connectivity index (χ3n) is 4.52. The Kier molecular flexibility index (Phi) is 4.95. The van der Waals surface area contributed by atoms with Gasteiger partial charge in [0, 0.05) is 21.9 Å². The highest BCUT2D eigenvalue weighted by Gasteiger charge is 2.12. The van der Waals surface area contributed by atoms with Gasteiger partial charge in [-0.05, 0) is 37.6 Å². The van der Waals surface area contributed by atoms with Crippen LogP contribution in [0.2, 0.25) is 5.15 Å². The number of rotatable bonds is 3. The van der Waals surface area contributed by atoms with Crippen molar-refractivity contribution in [2.24, 2.45) is 0 Å². The number of nitrogens with zero attached hydrogens (tertiary/aromatic N) is 3. The molecule has 2 heterocycles. The van der Waals surface area contributed by atoms with E-state index in [0.29, 0.717) is 21.3 Å². The summed E-state index contributed by atoms with van der Waals surface area (Å²) in [6.07, 6.45) is 1.76. The standard InChI is InChI=1S/C23H16ClN3S/c1-14-7-8-19(15(2)9-14)21-13-28-23(27-21)18(12-25)11-17-10-16-5-3-4-6-20(16)26-22(17)24/h3-11,13H,1-2H3/b18-11+. The number of nitriles is 1. The Hall–Kier alpha value is -3.00. The van der Waals surface area contributed by atoms with Gasteiger partial charge in [0.25, 0.3) is 0 Å². The van der Waals surface area contributed by atoms with E-state index in [4.69, 9.17) is 16.6 Å². The average Bonchev–Trinajstić information content (AvgIpc) is 3.16. The van der Waals surface area contributed by atoms with Gasteiger partial charge in [-0.2, -0.15) is 5.26 Å². The van der Waals surface area contributed by atoms with E-state index >= 15 is 0 Å². The highest BCUT2D eigenvalue weighted by atomic mass is 35.5. The molecule has 5 heteroatoms. The van der Waals surface area contributed by atoms with Crippen LogP contribution in [0.3, 0.4) is 0 Å². The van der Waals surface area contributed by atoms with Crippen molar-refractivity contribution in [2.75, 3.05) is 0 Å². The van der Waals surface area contributed by atoms with Crippen LogP contribution in [-0.4, -0.2) is 9.97 Å². The van der Waals surface area contributed by atoms with Crippen LogP contribution in [0.5, 0.6) is 0 Å². The smallest absolute Gasteiger partial charge is 0.137 e. The van der Waals surface area contributed by atoms with Gasteiger partial charge in [-0.15, -0.1) is 11.3 Å². The number of aromatic nitrogens is 2. The molecule has 0 radical (unpaired) electrons. The topological polar surface area (TPSA) is 49.6 Å². The van der Waals surface area contributed by atoms with Gasteiger partial charge in [0.15, 0.2) is 0 Å². The van der Waals surface area contributed by atoms with Crippen LogP contribution < -0.4 is 0 Å². The number of allylic oxidation sites excluding steroid dienone is 1. The third kappa shape index (κ3) is 3.55. The normalized spacial score (nSPS) is 11.6. The molecule has 2 aromatic heterocycles. The fourth-order valence-corrected chi connectivity index (χ4v) is 4.12. The van der Waals surface area contributed by atoms with Crippen LogP contribution in [0.25, 0.3) is 33.8 Å². The Bertz CT molecular complexity index is 1260. The fourth-order valence-electron chi connectivity index (χ4n) is 3.13. The van der Waals surface area contributed by atoms with Crippen molar-refractivity contribution >= 4 is 45.5 Å². The Balaban J connectivity index is 1.75. The summed E-state index contributed by atoms with van der Waals surface area (Å²) >= 11 is 7.80. The van der Waals surface area contributed by atoms with E-state index in [9.17, 15) is 5.26 Å². The number of thiazole rings is 1.